The number of aliphatic carboxylic acids is 1. The molecule has 2 N–H and O–H groups in total. The Bertz CT molecular complexity index is 1400. The van der Waals surface area contributed by atoms with Crippen LogP contribution in [0.25, 0.3) is 11.3 Å². The number of hydrogen-bond donors (Lipinski definition) is 2. The summed E-state index contributed by atoms with van der Waals surface area (Å²) in [5.74, 6) is -0.399. The molecule has 0 saturated carbocycles. The van der Waals surface area contributed by atoms with E-state index < -0.39 is 21.4 Å². The molecule has 4 bridgehead atoms. The van der Waals surface area contributed by atoms with Gasteiger partial charge in [-0.15, -0.1) is 0 Å². The van der Waals surface area contributed by atoms with Crippen molar-refractivity contribution in [3.8, 4) is 11.3 Å². The van der Waals surface area contributed by atoms with E-state index in [1.54, 1.807) is 19.1 Å². The largest absolute Gasteiger partial charge is 0.481 e. The minimum atomic E-state index is -4.01. The van der Waals surface area contributed by atoms with Crippen LogP contribution < -0.4 is 9.62 Å². The van der Waals surface area contributed by atoms with Crippen LogP contribution in [0, 0.1) is 8.30 Å². The van der Waals surface area contributed by atoms with Gasteiger partial charge in [-0.05, 0) is 72.9 Å². The van der Waals surface area contributed by atoms with Crippen LogP contribution in [0.2, 0.25) is 0 Å². The van der Waals surface area contributed by atoms with Crippen LogP contribution in [0.1, 0.15) is 57.9 Å². The number of aryl methyl sites for hydroxylation is 1. The molecule has 0 fully saturated rings. The van der Waals surface area contributed by atoms with Crippen LogP contribution in [0.5, 0.6) is 0 Å². The molecule has 1 aliphatic rings. The highest BCUT2D eigenvalue weighted by Gasteiger charge is 2.35. The zero-order valence-electron chi connectivity index (χ0n) is 21.6. The summed E-state index contributed by atoms with van der Waals surface area (Å²) in [6, 6.07) is 13.0. The number of nitrogens with one attached hydrogen (secondary N) is 1. The van der Waals surface area contributed by atoms with E-state index in [1.807, 2.05) is 30.0 Å². The van der Waals surface area contributed by atoms with E-state index in [0.717, 1.165) is 52.7 Å². The molecule has 0 radical (unpaired) electrons. The lowest BCUT2D eigenvalue weighted by Gasteiger charge is -2.33. The van der Waals surface area contributed by atoms with Gasteiger partial charge in [0.05, 0.1) is 14.0 Å². The zero-order valence-corrected chi connectivity index (χ0v) is 25.4. The van der Waals surface area contributed by atoms with Crippen molar-refractivity contribution in [3.05, 3.63) is 50.9 Å². The van der Waals surface area contributed by atoms with Crippen LogP contribution in [0.4, 0.5) is 10.9 Å². The first-order valence-corrected chi connectivity index (χ1v) is 16.2. The molecule has 1 aromatic carbocycles. The molecule has 0 aliphatic carbocycles. The Hall–Kier alpha value is -2.25. The smallest absolute Gasteiger partial charge is 0.311 e. The number of carboxylic acid groups (broad SMARTS) is 1. The third-order valence-corrected chi connectivity index (χ3v) is 10.2. The number of pyridine rings is 1. The standard InChI is InChI=1S/C27H33IN4O4S2/c1-3-16-27(2,25(33)34)18-32-17-9-5-4-6-11-19-12-7-8-13-20(19)23-24(28)37-26(30-23)31-38(35,36)22-15-10-14-21(32)29-22/h7-8,10,12-15H,3-6,9,11,16-18H2,1-2H3,(H,30,31)(H,33,34). The Labute approximate surface area is 242 Å². The molecular formula is C27H33IN4O4S2. The number of halogens is 1. The number of sulfonamides is 1. The molecule has 4 rings (SSSR count). The summed E-state index contributed by atoms with van der Waals surface area (Å²) in [6.07, 6.45) is 6.05. The van der Waals surface area contributed by atoms with Crippen molar-refractivity contribution in [2.75, 3.05) is 22.7 Å². The molecule has 8 nitrogen and oxygen atoms in total. The van der Waals surface area contributed by atoms with Crippen molar-refractivity contribution in [1.82, 2.24) is 9.97 Å². The van der Waals surface area contributed by atoms with E-state index in [9.17, 15) is 18.3 Å². The van der Waals surface area contributed by atoms with Gasteiger partial charge in [0.25, 0.3) is 10.0 Å². The second kappa shape index (κ2) is 12.3. The number of benzene rings is 1. The quantitative estimate of drug-likeness (QED) is 0.302. The Balaban J connectivity index is 1.73. The molecule has 1 atom stereocenters. The molecule has 0 amide bonds. The minimum absolute atomic E-state index is 0.121. The van der Waals surface area contributed by atoms with Crippen molar-refractivity contribution in [3.63, 3.8) is 0 Å². The van der Waals surface area contributed by atoms with Crippen LogP contribution in [-0.2, 0) is 21.2 Å². The van der Waals surface area contributed by atoms with Crippen LogP contribution in [0.15, 0.2) is 47.5 Å². The fourth-order valence-corrected chi connectivity index (χ4v) is 7.79. The molecule has 1 aliphatic heterocycles. The minimum Gasteiger partial charge on any atom is -0.481 e. The summed E-state index contributed by atoms with van der Waals surface area (Å²) < 4.78 is 30.2. The molecule has 1 unspecified atom stereocenters. The predicted molar refractivity (Wildman–Crippen MR) is 160 cm³/mol. The summed E-state index contributed by atoms with van der Waals surface area (Å²) >= 11 is 3.50. The number of anilines is 2. The molecule has 0 spiro atoms. The van der Waals surface area contributed by atoms with E-state index in [2.05, 4.69) is 43.3 Å². The van der Waals surface area contributed by atoms with Crippen molar-refractivity contribution in [2.45, 2.75) is 63.8 Å². The number of hydrogen-bond acceptors (Lipinski definition) is 7. The first kappa shape index (κ1) is 28.8. The number of carbonyl (C=O) groups is 1. The number of rotatable bonds is 5. The summed E-state index contributed by atoms with van der Waals surface area (Å²) in [5, 5.41) is 10.2. The zero-order chi connectivity index (χ0) is 27.3. The van der Waals surface area contributed by atoms with Gasteiger partial charge in [0.15, 0.2) is 10.2 Å². The van der Waals surface area contributed by atoms with Gasteiger partial charge in [-0.2, -0.15) is 8.42 Å². The predicted octanol–water partition coefficient (Wildman–Crippen LogP) is 6.42. The summed E-state index contributed by atoms with van der Waals surface area (Å²) in [6.45, 7) is 4.57. The van der Waals surface area contributed by atoms with Gasteiger partial charge < -0.3 is 10.0 Å². The van der Waals surface area contributed by atoms with Crippen molar-refractivity contribution < 1.29 is 18.3 Å². The number of carboxylic acids is 1. The Kier molecular flexibility index (Phi) is 9.30. The number of fused-ring (bicyclic) bond motifs is 6. The fraction of sp³-hybridized carbons (Fsp3) is 0.444. The molecular weight excluding hydrogens is 635 g/mol. The molecule has 3 aromatic rings. The molecule has 0 saturated heterocycles. The van der Waals surface area contributed by atoms with Gasteiger partial charge in [-0.3, -0.25) is 9.52 Å². The third kappa shape index (κ3) is 6.66. The van der Waals surface area contributed by atoms with Crippen LogP contribution >= 0.6 is 33.9 Å². The Morgan fingerprint density at radius 1 is 1.13 bits per heavy atom. The summed E-state index contributed by atoms with van der Waals surface area (Å²) in [7, 11) is -4.01. The normalized spacial score (nSPS) is 17.5. The second-order valence-corrected chi connectivity index (χ2v) is 14.4. The third-order valence-electron chi connectivity index (χ3n) is 6.87. The second-order valence-electron chi connectivity index (χ2n) is 9.94. The van der Waals surface area contributed by atoms with E-state index in [1.165, 1.54) is 23.0 Å². The van der Waals surface area contributed by atoms with Gasteiger partial charge in [0, 0.05) is 18.7 Å². The van der Waals surface area contributed by atoms with Gasteiger partial charge in [0.1, 0.15) is 5.82 Å². The highest BCUT2D eigenvalue weighted by molar-refractivity contribution is 14.1. The Morgan fingerprint density at radius 2 is 1.89 bits per heavy atom. The number of nitrogens with zero attached hydrogens (tertiary/aromatic N) is 3. The first-order valence-electron chi connectivity index (χ1n) is 12.9. The van der Waals surface area contributed by atoms with E-state index in [4.69, 9.17) is 0 Å². The van der Waals surface area contributed by atoms with Crippen LogP contribution in [0.3, 0.4) is 0 Å². The summed E-state index contributed by atoms with van der Waals surface area (Å²) in [4.78, 5) is 23.3. The van der Waals surface area contributed by atoms with E-state index in [0.29, 0.717) is 18.8 Å². The average Bonchev–Trinajstić information content (AvgIpc) is 3.24. The SMILES string of the molecule is CCCC(C)(CN1CCCCCCc2ccccc2-c2nc(sc2I)NS(=O)(=O)c2cccc1n2)C(=O)O. The maximum absolute atomic E-state index is 13.4. The number of thiazole rings is 1. The maximum Gasteiger partial charge on any atom is 0.311 e. The topological polar surface area (TPSA) is 112 Å². The van der Waals surface area contributed by atoms with Gasteiger partial charge in [-0.25, -0.2) is 9.97 Å². The molecule has 204 valence electrons. The van der Waals surface area contributed by atoms with Gasteiger partial charge >= 0.3 is 5.97 Å². The lowest BCUT2D eigenvalue weighted by molar-refractivity contribution is -0.147. The highest BCUT2D eigenvalue weighted by atomic mass is 127. The van der Waals surface area contributed by atoms with Gasteiger partial charge in [-0.1, -0.05) is 67.9 Å². The van der Waals surface area contributed by atoms with Crippen LogP contribution in [-0.4, -0.2) is 42.6 Å². The highest BCUT2D eigenvalue weighted by Crippen LogP contribution is 2.36. The lowest BCUT2D eigenvalue weighted by Crippen LogP contribution is -2.42. The molecule has 2 aromatic heterocycles. The van der Waals surface area contributed by atoms with Crippen molar-refractivity contribution in [2.24, 2.45) is 5.41 Å². The molecule has 3 heterocycles. The van der Waals surface area contributed by atoms with Crippen molar-refractivity contribution in [1.29, 1.82) is 0 Å². The lowest BCUT2D eigenvalue weighted by atomic mass is 9.85. The van der Waals surface area contributed by atoms with E-state index >= 15 is 0 Å². The maximum atomic E-state index is 13.4. The van der Waals surface area contributed by atoms with Crippen molar-refractivity contribution >= 4 is 60.9 Å². The van der Waals surface area contributed by atoms with E-state index in [-0.39, 0.29) is 16.7 Å². The fourth-order valence-electron chi connectivity index (χ4n) is 4.85. The molecule has 38 heavy (non-hydrogen) atoms. The Morgan fingerprint density at radius 3 is 2.66 bits per heavy atom. The average molecular weight is 669 g/mol. The monoisotopic (exact) mass is 668 g/mol. The number of aromatic nitrogens is 2. The van der Waals surface area contributed by atoms with Gasteiger partial charge in [0.2, 0.25) is 0 Å². The molecule has 11 heteroatoms. The summed E-state index contributed by atoms with van der Waals surface area (Å²) in [5.41, 5.74) is 2.03. The first-order chi connectivity index (χ1) is 18.1.